The Hall–Kier alpha value is -1.61. The first-order valence-corrected chi connectivity index (χ1v) is 5.74. The molecule has 0 saturated carbocycles. The van der Waals surface area contributed by atoms with Gasteiger partial charge in [-0.05, 0) is 36.4 Å². The second-order valence-electron chi connectivity index (χ2n) is 3.67. The van der Waals surface area contributed by atoms with Crippen molar-refractivity contribution in [2.75, 3.05) is 11.9 Å². The summed E-state index contributed by atoms with van der Waals surface area (Å²) in [6.07, 6.45) is 1.72. The summed E-state index contributed by atoms with van der Waals surface area (Å²) in [6, 6.07) is 10.1. The van der Waals surface area contributed by atoms with Crippen LogP contribution in [0.1, 0.15) is 5.69 Å². The minimum Gasteiger partial charge on any atom is -0.345 e. The molecule has 1 aromatic heterocycles. The maximum absolute atomic E-state index is 12.8. The Labute approximate surface area is 105 Å². The molecular weight excluding hydrogens is 239 g/mol. The maximum Gasteiger partial charge on any atom is 0.123 e. The van der Waals surface area contributed by atoms with Gasteiger partial charge in [-0.2, -0.15) is 0 Å². The van der Waals surface area contributed by atoms with E-state index in [1.165, 1.54) is 12.1 Å². The van der Waals surface area contributed by atoms with Crippen molar-refractivity contribution in [3.63, 3.8) is 0 Å². The van der Waals surface area contributed by atoms with Gasteiger partial charge in [0, 0.05) is 24.6 Å². The topological polar surface area (TPSA) is 16.1 Å². The largest absolute Gasteiger partial charge is 0.345 e. The van der Waals surface area contributed by atoms with Crippen LogP contribution in [0.3, 0.4) is 0 Å². The molecule has 0 saturated heterocycles. The van der Waals surface area contributed by atoms with Crippen molar-refractivity contribution in [1.29, 1.82) is 0 Å². The Bertz CT molecular complexity index is 499. The predicted molar refractivity (Wildman–Crippen MR) is 68.3 cm³/mol. The fourth-order valence-corrected chi connectivity index (χ4v) is 1.71. The second kappa shape index (κ2) is 5.15. The average Bonchev–Trinajstić information content (AvgIpc) is 2.39. The van der Waals surface area contributed by atoms with E-state index < -0.39 is 0 Å². The van der Waals surface area contributed by atoms with Crippen molar-refractivity contribution in [3.8, 4) is 0 Å². The van der Waals surface area contributed by atoms with Gasteiger partial charge in [-0.1, -0.05) is 0 Å². The van der Waals surface area contributed by atoms with Gasteiger partial charge in [-0.25, -0.2) is 4.39 Å². The molecule has 2 aromatic rings. The van der Waals surface area contributed by atoms with Gasteiger partial charge in [-0.15, -0.1) is 11.6 Å². The minimum atomic E-state index is -0.238. The molecule has 2 rings (SSSR count). The molecular formula is C13H12ClFN2. The van der Waals surface area contributed by atoms with Crippen LogP contribution in [-0.2, 0) is 5.88 Å². The fourth-order valence-electron chi connectivity index (χ4n) is 1.56. The van der Waals surface area contributed by atoms with Gasteiger partial charge in [0.2, 0.25) is 0 Å². The number of benzene rings is 1. The average molecular weight is 251 g/mol. The lowest BCUT2D eigenvalue weighted by Gasteiger charge is -2.19. The predicted octanol–water partition coefficient (Wildman–Crippen LogP) is 3.73. The van der Waals surface area contributed by atoms with Crippen molar-refractivity contribution in [2.45, 2.75) is 5.88 Å². The van der Waals surface area contributed by atoms with Crippen molar-refractivity contribution in [1.82, 2.24) is 4.98 Å². The summed E-state index contributed by atoms with van der Waals surface area (Å²) in [5.74, 6) is 0.142. The standard InChI is InChI=1S/C13H12ClFN2/c1-17(12-4-2-10(15)3-5-12)13-6-7-16-11(8-13)9-14/h2-8H,9H2,1H3. The third kappa shape index (κ3) is 2.74. The van der Waals surface area contributed by atoms with E-state index in [4.69, 9.17) is 11.6 Å². The van der Waals surface area contributed by atoms with E-state index in [2.05, 4.69) is 4.98 Å². The monoisotopic (exact) mass is 250 g/mol. The third-order valence-electron chi connectivity index (χ3n) is 2.54. The number of nitrogens with zero attached hydrogens (tertiary/aromatic N) is 2. The van der Waals surface area contributed by atoms with Crippen LogP contribution in [0.2, 0.25) is 0 Å². The molecule has 0 bridgehead atoms. The second-order valence-corrected chi connectivity index (χ2v) is 3.94. The van der Waals surface area contributed by atoms with Crippen LogP contribution in [0, 0.1) is 5.82 Å². The summed E-state index contributed by atoms with van der Waals surface area (Å²) in [5, 5.41) is 0. The first kappa shape index (κ1) is 11.9. The van der Waals surface area contributed by atoms with Gasteiger partial charge in [0.1, 0.15) is 5.82 Å². The van der Waals surface area contributed by atoms with Crippen LogP contribution in [0.4, 0.5) is 15.8 Å². The van der Waals surface area contributed by atoms with Gasteiger partial charge >= 0.3 is 0 Å². The van der Waals surface area contributed by atoms with Gasteiger partial charge in [-0.3, -0.25) is 4.98 Å². The summed E-state index contributed by atoms with van der Waals surface area (Å²) < 4.78 is 12.8. The number of hydrogen-bond acceptors (Lipinski definition) is 2. The number of aromatic nitrogens is 1. The van der Waals surface area contributed by atoms with Crippen molar-refractivity contribution in [3.05, 3.63) is 54.1 Å². The quantitative estimate of drug-likeness (QED) is 0.772. The molecule has 88 valence electrons. The Balaban J connectivity index is 2.29. The third-order valence-corrected chi connectivity index (χ3v) is 2.81. The molecule has 0 spiro atoms. The first-order chi connectivity index (χ1) is 8.20. The number of halogens is 2. The zero-order chi connectivity index (χ0) is 12.3. The molecule has 2 nitrogen and oxygen atoms in total. The summed E-state index contributed by atoms with van der Waals surface area (Å²) in [4.78, 5) is 6.08. The fraction of sp³-hybridized carbons (Fsp3) is 0.154. The number of pyridine rings is 1. The molecule has 0 unspecified atom stereocenters. The molecule has 0 N–H and O–H groups in total. The summed E-state index contributed by atoms with van der Waals surface area (Å²) in [7, 11) is 1.92. The van der Waals surface area contributed by atoms with Gasteiger partial charge in [0.15, 0.2) is 0 Å². The molecule has 0 fully saturated rings. The number of hydrogen-bond donors (Lipinski definition) is 0. The lowest BCUT2D eigenvalue weighted by molar-refractivity contribution is 0.628. The van der Waals surface area contributed by atoms with E-state index >= 15 is 0 Å². The highest BCUT2D eigenvalue weighted by molar-refractivity contribution is 6.16. The van der Waals surface area contributed by atoms with Gasteiger partial charge in [0.05, 0.1) is 11.6 Å². The molecule has 4 heteroatoms. The normalized spacial score (nSPS) is 10.3. The molecule has 0 atom stereocenters. The Kier molecular flexibility index (Phi) is 3.59. The summed E-state index contributed by atoms with van der Waals surface area (Å²) in [5.41, 5.74) is 2.71. The van der Waals surface area contributed by atoms with Crippen LogP contribution in [0.15, 0.2) is 42.6 Å². The molecule has 1 heterocycles. The van der Waals surface area contributed by atoms with E-state index in [0.717, 1.165) is 17.1 Å². The highest BCUT2D eigenvalue weighted by atomic mass is 35.5. The molecule has 0 aliphatic heterocycles. The summed E-state index contributed by atoms with van der Waals surface area (Å²) in [6.45, 7) is 0. The smallest absolute Gasteiger partial charge is 0.123 e. The SMILES string of the molecule is CN(c1ccc(F)cc1)c1ccnc(CCl)c1. The number of alkyl halides is 1. The molecule has 0 aliphatic carbocycles. The molecule has 17 heavy (non-hydrogen) atoms. The van der Waals surface area contributed by atoms with E-state index in [1.807, 2.05) is 24.1 Å². The van der Waals surface area contributed by atoms with E-state index in [-0.39, 0.29) is 5.82 Å². The van der Waals surface area contributed by atoms with E-state index in [9.17, 15) is 4.39 Å². The van der Waals surface area contributed by atoms with Crippen molar-refractivity contribution < 1.29 is 4.39 Å². The van der Waals surface area contributed by atoms with Crippen LogP contribution >= 0.6 is 11.6 Å². The van der Waals surface area contributed by atoms with Crippen molar-refractivity contribution >= 4 is 23.0 Å². The lowest BCUT2D eigenvalue weighted by Crippen LogP contribution is -2.09. The van der Waals surface area contributed by atoms with Gasteiger partial charge < -0.3 is 4.90 Å². The van der Waals surface area contributed by atoms with Crippen LogP contribution in [0.5, 0.6) is 0 Å². The number of rotatable bonds is 3. The minimum absolute atomic E-state index is 0.238. The highest BCUT2D eigenvalue weighted by Crippen LogP contribution is 2.23. The van der Waals surface area contributed by atoms with Gasteiger partial charge in [0.25, 0.3) is 0 Å². The number of anilines is 2. The zero-order valence-electron chi connectivity index (χ0n) is 9.40. The lowest BCUT2D eigenvalue weighted by atomic mass is 10.2. The molecule has 0 amide bonds. The Morgan fingerprint density at radius 3 is 2.53 bits per heavy atom. The van der Waals surface area contributed by atoms with Crippen LogP contribution in [-0.4, -0.2) is 12.0 Å². The zero-order valence-corrected chi connectivity index (χ0v) is 10.2. The molecule has 0 aliphatic rings. The molecule has 0 radical (unpaired) electrons. The highest BCUT2D eigenvalue weighted by Gasteiger charge is 2.05. The van der Waals surface area contributed by atoms with E-state index in [0.29, 0.717) is 5.88 Å². The van der Waals surface area contributed by atoms with Crippen molar-refractivity contribution in [2.24, 2.45) is 0 Å². The Morgan fingerprint density at radius 1 is 1.18 bits per heavy atom. The summed E-state index contributed by atoms with van der Waals surface area (Å²) >= 11 is 5.74. The maximum atomic E-state index is 12.8. The van der Waals surface area contributed by atoms with Crippen LogP contribution < -0.4 is 4.90 Å². The van der Waals surface area contributed by atoms with Crippen LogP contribution in [0.25, 0.3) is 0 Å². The first-order valence-electron chi connectivity index (χ1n) is 5.21. The molecule has 1 aromatic carbocycles. The van der Waals surface area contributed by atoms with E-state index in [1.54, 1.807) is 18.3 Å². The Morgan fingerprint density at radius 2 is 1.88 bits per heavy atom.